The monoisotopic (exact) mass is 336 g/mol. The maximum Gasteiger partial charge on any atom is 0.260 e. The van der Waals surface area contributed by atoms with E-state index in [4.69, 9.17) is 4.74 Å². The largest absolute Gasteiger partial charge is 0.381 e. The van der Waals surface area contributed by atoms with E-state index in [9.17, 15) is 8.42 Å². The van der Waals surface area contributed by atoms with E-state index in [1.807, 2.05) is 0 Å². The molecule has 0 bridgehead atoms. The molecule has 7 nitrogen and oxygen atoms in total. The van der Waals surface area contributed by atoms with E-state index in [1.54, 1.807) is 22.6 Å². The van der Waals surface area contributed by atoms with Gasteiger partial charge in [-0.25, -0.2) is 13.4 Å². The summed E-state index contributed by atoms with van der Waals surface area (Å²) in [5.41, 5.74) is 0.501. The molecule has 0 amide bonds. The molecule has 1 N–H and O–H groups in total. The van der Waals surface area contributed by atoms with E-state index in [0.717, 1.165) is 38.9 Å². The summed E-state index contributed by atoms with van der Waals surface area (Å²) in [5, 5.41) is 7.41. The molecule has 1 spiro atoms. The maximum absolute atomic E-state index is 13.1. The predicted octanol–water partition coefficient (Wildman–Crippen LogP) is 1.54. The normalized spacial score (nSPS) is 22.6. The van der Waals surface area contributed by atoms with E-state index in [1.165, 1.54) is 0 Å². The summed E-state index contributed by atoms with van der Waals surface area (Å²) in [6, 6.07) is 3.47. The Hall–Kier alpha value is -1.51. The summed E-state index contributed by atoms with van der Waals surface area (Å²) in [6.07, 6.45) is 5.45. The number of pyridine rings is 1. The molecule has 2 aliphatic heterocycles. The van der Waals surface area contributed by atoms with Crippen LogP contribution in [0.15, 0.2) is 23.4 Å². The average molecular weight is 336 g/mol. The smallest absolute Gasteiger partial charge is 0.260 e. The number of fused-ring (bicyclic) bond motifs is 1. The van der Waals surface area contributed by atoms with Gasteiger partial charge in [0.1, 0.15) is 0 Å². The first kappa shape index (κ1) is 15.0. The molecule has 2 aromatic heterocycles. The highest BCUT2D eigenvalue weighted by molar-refractivity contribution is 7.89. The van der Waals surface area contributed by atoms with Crippen LogP contribution in [0.2, 0.25) is 0 Å². The van der Waals surface area contributed by atoms with Crippen LogP contribution in [0.3, 0.4) is 0 Å². The number of aromatic amines is 1. The first-order chi connectivity index (χ1) is 11.1. The highest BCUT2D eigenvalue weighted by Gasteiger charge is 2.41. The third-order valence-corrected chi connectivity index (χ3v) is 6.89. The summed E-state index contributed by atoms with van der Waals surface area (Å²) in [6.45, 7) is 2.58. The fraction of sp³-hybridized carbons (Fsp3) is 0.600. The van der Waals surface area contributed by atoms with E-state index in [0.29, 0.717) is 24.1 Å². The number of nitrogens with zero attached hydrogens (tertiary/aromatic N) is 3. The Kier molecular flexibility index (Phi) is 3.62. The zero-order chi connectivity index (χ0) is 15.9. The fourth-order valence-electron chi connectivity index (χ4n) is 3.73. The molecule has 2 fully saturated rings. The quantitative estimate of drug-likeness (QED) is 0.899. The van der Waals surface area contributed by atoms with Gasteiger partial charge in [0.25, 0.3) is 10.0 Å². The molecule has 0 atom stereocenters. The lowest BCUT2D eigenvalue weighted by atomic mass is 9.74. The van der Waals surface area contributed by atoms with Crippen LogP contribution in [0, 0.1) is 5.41 Å². The molecular weight excluding hydrogens is 316 g/mol. The van der Waals surface area contributed by atoms with Gasteiger partial charge in [-0.05, 0) is 43.2 Å². The number of piperidine rings is 1. The Labute approximate surface area is 135 Å². The average Bonchev–Trinajstić information content (AvgIpc) is 3.00. The first-order valence-electron chi connectivity index (χ1n) is 7.98. The minimum Gasteiger partial charge on any atom is -0.381 e. The van der Waals surface area contributed by atoms with E-state index in [-0.39, 0.29) is 10.4 Å². The van der Waals surface area contributed by atoms with Crippen molar-refractivity contribution in [3.05, 3.63) is 18.3 Å². The Balaban J connectivity index is 1.68. The van der Waals surface area contributed by atoms with Gasteiger partial charge in [0.05, 0.1) is 5.39 Å². The van der Waals surface area contributed by atoms with Gasteiger partial charge in [-0.3, -0.25) is 5.10 Å². The van der Waals surface area contributed by atoms with Crippen LogP contribution in [0.1, 0.15) is 25.7 Å². The highest BCUT2D eigenvalue weighted by atomic mass is 32.2. The van der Waals surface area contributed by atoms with Crippen molar-refractivity contribution in [2.75, 3.05) is 26.3 Å². The van der Waals surface area contributed by atoms with Crippen LogP contribution in [0.4, 0.5) is 0 Å². The van der Waals surface area contributed by atoms with Gasteiger partial charge in [-0.15, -0.1) is 0 Å². The van der Waals surface area contributed by atoms with Gasteiger partial charge in [-0.2, -0.15) is 9.40 Å². The summed E-state index contributed by atoms with van der Waals surface area (Å²) >= 11 is 0. The Morgan fingerprint density at radius 1 is 1.26 bits per heavy atom. The van der Waals surface area contributed by atoms with Crippen molar-refractivity contribution < 1.29 is 13.2 Å². The number of H-pyrrole nitrogens is 1. The molecule has 4 heterocycles. The van der Waals surface area contributed by atoms with Crippen molar-refractivity contribution in [3.63, 3.8) is 0 Å². The van der Waals surface area contributed by atoms with Gasteiger partial charge in [0.2, 0.25) is 0 Å². The van der Waals surface area contributed by atoms with Crippen molar-refractivity contribution in [1.29, 1.82) is 0 Å². The third kappa shape index (κ3) is 2.54. The van der Waals surface area contributed by atoms with Crippen LogP contribution < -0.4 is 0 Å². The highest BCUT2D eigenvalue weighted by Crippen LogP contribution is 2.40. The van der Waals surface area contributed by atoms with E-state index < -0.39 is 10.0 Å². The Morgan fingerprint density at radius 3 is 2.91 bits per heavy atom. The fourth-order valence-corrected chi connectivity index (χ4v) is 5.40. The number of hydrogen-bond acceptors (Lipinski definition) is 5. The predicted molar refractivity (Wildman–Crippen MR) is 84.4 cm³/mol. The molecule has 0 aliphatic carbocycles. The first-order valence-corrected chi connectivity index (χ1v) is 9.42. The lowest BCUT2D eigenvalue weighted by Gasteiger charge is -2.44. The number of sulfonamides is 1. The molecule has 23 heavy (non-hydrogen) atoms. The second-order valence-corrected chi connectivity index (χ2v) is 8.36. The molecular formula is C15H20N4O3S. The Bertz CT molecular complexity index is 805. The number of ether oxygens (including phenoxy) is 1. The van der Waals surface area contributed by atoms with Crippen molar-refractivity contribution in [3.8, 4) is 0 Å². The van der Waals surface area contributed by atoms with Crippen LogP contribution >= 0.6 is 0 Å². The van der Waals surface area contributed by atoms with Crippen LogP contribution in [0.5, 0.6) is 0 Å². The molecule has 2 aliphatic rings. The van der Waals surface area contributed by atoms with Crippen LogP contribution in [0.25, 0.3) is 11.0 Å². The molecule has 8 heteroatoms. The number of nitrogens with one attached hydrogen (secondary N) is 1. The second kappa shape index (κ2) is 5.54. The van der Waals surface area contributed by atoms with Crippen molar-refractivity contribution in [1.82, 2.24) is 19.5 Å². The van der Waals surface area contributed by atoms with E-state index in [2.05, 4.69) is 15.2 Å². The molecule has 2 aromatic rings. The summed E-state index contributed by atoms with van der Waals surface area (Å²) < 4.78 is 33.2. The minimum absolute atomic E-state index is 0.0671. The second-order valence-electron chi connectivity index (χ2n) is 6.48. The lowest BCUT2D eigenvalue weighted by Crippen LogP contribution is -2.48. The van der Waals surface area contributed by atoms with Gasteiger partial charge in [0, 0.05) is 32.5 Å². The molecule has 0 unspecified atom stereocenters. The van der Waals surface area contributed by atoms with E-state index >= 15 is 0 Å². The zero-order valence-corrected chi connectivity index (χ0v) is 13.7. The van der Waals surface area contributed by atoms with Crippen LogP contribution in [-0.4, -0.2) is 54.2 Å². The topological polar surface area (TPSA) is 88.2 Å². The molecule has 124 valence electrons. The minimum atomic E-state index is -3.59. The van der Waals surface area contributed by atoms with Crippen molar-refractivity contribution in [2.45, 2.75) is 30.7 Å². The van der Waals surface area contributed by atoms with Gasteiger partial charge in [0.15, 0.2) is 10.7 Å². The third-order valence-electron chi connectivity index (χ3n) is 5.07. The maximum atomic E-state index is 13.1. The summed E-state index contributed by atoms with van der Waals surface area (Å²) in [7, 11) is -3.59. The van der Waals surface area contributed by atoms with Gasteiger partial charge in [-0.1, -0.05) is 0 Å². The number of aromatic nitrogens is 3. The Morgan fingerprint density at radius 2 is 2.09 bits per heavy atom. The zero-order valence-electron chi connectivity index (χ0n) is 12.9. The number of hydrogen-bond donors (Lipinski definition) is 1. The van der Waals surface area contributed by atoms with Crippen molar-refractivity contribution >= 4 is 21.1 Å². The molecule has 0 saturated carbocycles. The van der Waals surface area contributed by atoms with Crippen LogP contribution in [-0.2, 0) is 14.8 Å². The van der Waals surface area contributed by atoms with Crippen molar-refractivity contribution in [2.24, 2.45) is 5.41 Å². The standard InChI is InChI=1S/C15H20N4O3S/c20-23(21,14-12-3-1-7-16-13(12)17-18-14)19-8-2-4-15(11-19)5-9-22-10-6-15/h1,3,7H,2,4-6,8-11H2,(H,16,17,18). The summed E-state index contributed by atoms with van der Waals surface area (Å²) in [5.74, 6) is 0. The SMILES string of the molecule is O=S(=O)(c1[nH]nc2ncccc12)N1CCCC2(CCOCC2)C1. The number of rotatable bonds is 2. The van der Waals surface area contributed by atoms with Gasteiger partial charge < -0.3 is 4.74 Å². The van der Waals surface area contributed by atoms with Gasteiger partial charge >= 0.3 is 0 Å². The lowest BCUT2D eigenvalue weighted by molar-refractivity contribution is -0.0117. The molecule has 4 rings (SSSR count). The molecule has 0 aromatic carbocycles. The summed E-state index contributed by atoms with van der Waals surface area (Å²) in [4.78, 5) is 4.10. The molecule has 2 saturated heterocycles. The molecule has 0 radical (unpaired) electrons.